The zero-order valence-electron chi connectivity index (χ0n) is 17.9. The van der Waals surface area contributed by atoms with Crippen molar-refractivity contribution in [2.45, 2.75) is 43.5 Å². The van der Waals surface area contributed by atoms with E-state index in [-0.39, 0.29) is 23.7 Å². The number of nitrogens with zero attached hydrogens (tertiary/aromatic N) is 1. The Balaban J connectivity index is 1.59. The molecule has 3 N–H and O–H groups in total. The van der Waals surface area contributed by atoms with Gasteiger partial charge in [-0.15, -0.1) is 0 Å². The number of para-hydroxylation sites is 1. The molecule has 164 valence electrons. The Kier molecular flexibility index (Phi) is 6.41. The number of thioether (sulfide) groups is 1. The first-order valence-corrected chi connectivity index (χ1v) is 11.4. The van der Waals surface area contributed by atoms with Gasteiger partial charge in [0.25, 0.3) is 5.56 Å². The van der Waals surface area contributed by atoms with Crippen molar-refractivity contribution in [2.75, 3.05) is 10.6 Å². The van der Waals surface area contributed by atoms with Gasteiger partial charge in [0, 0.05) is 17.9 Å². The number of nitrogens with one attached hydrogen (secondary N) is 3. The van der Waals surface area contributed by atoms with Crippen molar-refractivity contribution >= 4 is 35.1 Å². The lowest BCUT2D eigenvalue weighted by Gasteiger charge is -2.24. The van der Waals surface area contributed by atoms with Crippen molar-refractivity contribution in [3.63, 3.8) is 0 Å². The SMILES string of the molecule is CCc1ccccc1NC(=O)[C@@H]1CC(=O)Nc2nc(SCc3ccccc3C)[nH]c(=O)c21. The molecule has 1 atom stereocenters. The van der Waals surface area contributed by atoms with Gasteiger partial charge < -0.3 is 15.6 Å². The van der Waals surface area contributed by atoms with E-state index < -0.39 is 17.4 Å². The molecule has 2 amide bonds. The molecular weight excluding hydrogens is 424 g/mol. The molecule has 7 nitrogen and oxygen atoms in total. The van der Waals surface area contributed by atoms with Crippen molar-refractivity contribution in [3.05, 3.63) is 81.1 Å². The fourth-order valence-corrected chi connectivity index (χ4v) is 4.67. The highest BCUT2D eigenvalue weighted by atomic mass is 32.2. The van der Waals surface area contributed by atoms with Crippen molar-refractivity contribution in [1.29, 1.82) is 0 Å². The number of anilines is 2. The molecule has 0 aliphatic carbocycles. The van der Waals surface area contributed by atoms with Crippen LogP contribution in [-0.4, -0.2) is 21.8 Å². The smallest absolute Gasteiger partial charge is 0.257 e. The van der Waals surface area contributed by atoms with E-state index in [1.54, 1.807) is 0 Å². The summed E-state index contributed by atoms with van der Waals surface area (Å²) in [6.07, 6.45) is 0.648. The first-order chi connectivity index (χ1) is 15.5. The third-order valence-electron chi connectivity index (χ3n) is 5.53. The number of rotatable bonds is 6. The summed E-state index contributed by atoms with van der Waals surface area (Å²) < 4.78 is 0. The van der Waals surface area contributed by atoms with Crippen LogP contribution in [-0.2, 0) is 21.8 Å². The normalized spacial score (nSPS) is 15.1. The molecule has 0 bridgehead atoms. The molecule has 1 aliphatic heterocycles. The van der Waals surface area contributed by atoms with Gasteiger partial charge in [0.05, 0.1) is 11.5 Å². The van der Waals surface area contributed by atoms with E-state index in [2.05, 4.69) is 20.6 Å². The summed E-state index contributed by atoms with van der Waals surface area (Å²) in [6.45, 7) is 4.03. The van der Waals surface area contributed by atoms with Crippen LogP contribution in [0.1, 0.15) is 41.5 Å². The molecule has 32 heavy (non-hydrogen) atoms. The zero-order chi connectivity index (χ0) is 22.7. The first kappa shape index (κ1) is 21.8. The van der Waals surface area contributed by atoms with Crippen LogP contribution in [0.15, 0.2) is 58.5 Å². The van der Waals surface area contributed by atoms with Crippen LogP contribution in [0, 0.1) is 6.92 Å². The van der Waals surface area contributed by atoms with E-state index >= 15 is 0 Å². The number of fused-ring (bicyclic) bond motifs is 1. The number of hydrogen-bond acceptors (Lipinski definition) is 5. The lowest BCUT2D eigenvalue weighted by atomic mass is 9.92. The standard InChI is InChI=1S/C24H24N4O3S/c1-3-15-9-6-7-11-18(15)25-22(30)17-12-19(29)26-21-20(17)23(31)28-24(27-21)32-13-16-10-5-4-8-14(16)2/h4-11,17H,3,12-13H2,1-2H3,(H,25,30)(H2,26,27,28,29,31)/t17-/m1/s1. The summed E-state index contributed by atoms with van der Waals surface area (Å²) in [6, 6.07) is 15.5. The Bertz CT molecular complexity index is 1240. The van der Waals surface area contributed by atoms with E-state index in [1.807, 2.05) is 62.4 Å². The predicted octanol–water partition coefficient (Wildman–Crippen LogP) is 4.00. The van der Waals surface area contributed by atoms with E-state index in [4.69, 9.17) is 0 Å². The zero-order valence-corrected chi connectivity index (χ0v) is 18.7. The minimum Gasteiger partial charge on any atom is -0.325 e. The largest absolute Gasteiger partial charge is 0.325 e. The molecule has 0 spiro atoms. The number of carbonyl (C=O) groups excluding carboxylic acids is 2. The van der Waals surface area contributed by atoms with Gasteiger partial charge in [-0.1, -0.05) is 61.2 Å². The molecular formula is C24H24N4O3S. The quantitative estimate of drug-likeness (QED) is 0.391. The van der Waals surface area contributed by atoms with Gasteiger partial charge in [0.2, 0.25) is 11.8 Å². The van der Waals surface area contributed by atoms with Crippen LogP contribution in [0.3, 0.4) is 0 Å². The highest BCUT2D eigenvalue weighted by Crippen LogP contribution is 2.31. The van der Waals surface area contributed by atoms with E-state index in [9.17, 15) is 14.4 Å². The number of hydrogen-bond donors (Lipinski definition) is 3. The summed E-state index contributed by atoms with van der Waals surface area (Å²) in [4.78, 5) is 45.5. The minimum atomic E-state index is -0.907. The van der Waals surface area contributed by atoms with Crippen LogP contribution < -0.4 is 16.2 Å². The highest BCUT2D eigenvalue weighted by molar-refractivity contribution is 7.98. The molecule has 1 aromatic heterocycles. The lowest BCUT2D eigenvalue weighted by molar-refractivity contribution is -0.123. The van der Waals surface area contributed by atoms with Gasteiger partial charge in [-0.3, -0.25) is 14.4 Å². The molecule has 2 heterocycles. The summed E-state index contributed by atoms with van der Waals surface area (Å²) >= 11 is 1.37. The molecule has 4 rings (SSSR count). The maximum Gasteiger partial charge on any atom is 0.257 e. The average Bonchev–Trinajstić information content (AvgIpc) is 2.78. The molecule has 3 aromatic rings. The third kappa shape index (κ3) is 4.60. The number of benzene rings is 2. The number of aryl methyl sites for hydroxylation is 2. The summed E-state index contributed by atoms with van der Waals surface area (Å²) in [7, 11) is 0. The van der Waals surface area contributed by atoms with E-state index in [0.717, 1.165) is 23.1 Å². The van der Waals surface area contributed by atoms with Gasteiger partial charge in [-0.2, -0.15) is 0 Å². The number of amides is 2. The number of H-pyrrole nitrogens is 1. The number of aromatic nitrogens is 2. The van der Waals surface area contributed by atoms with Crippen LogP contribution in [0.5, 0.6) is 0 Å². The number of aromatic amines is 1. The van der Waals surface area contributed by atoms with Crippen molar-refractivity contribution in [3.8, 4) is 0 Å². The molecule has 0 fully saturated rings. The maximum absolute atomic E-state index is 13.1. The second-order valence-corrected chi connectivity index (χ2v) is 8.62. The maximum atomic E-state index is 13.1. The van der Waals surface area contributed by atoms with E-state index in [1.165, 1.54) is 11.8 Å². The molecule has 0 saturated heterocycles. The monoisotopic (exact) mass is 448 g/mol. The van der Waals surface area contributed by atoms with E-state index in [0.29, 0.717) is 16.6 Å². The Morgan fingerprint density at radius 2 is 1.84 bits per heavy atom. The fourth-order valence-electron chi connectivity index (χ4n) is 3.73. The lowest BCUT2D eigenvalue weighted by Crippen LogP contribution is -2.36. The number of carbonyl (C=O) groups is 2. The Morgan fingerprint density at radius 1 is 1.12 bits per heavy atom. The van der Waals surface area contributed by atoms with Gasteiger partial charge in [0.1, 0.15) is 5.82 Å². The van der Waals surface area contributed by atoms with Crippen molar-refractivity contribution in [1.82, 2.24) is 9.97 Å². The van der Waals surface area contributed by atoms with Crippen molar-refractivity contribution in [2.24, 2.45) is 0 Å². The van der Waals surface area contributed by atoms with Gasteiger partial charge in [-0.25, -0.2) is 4.98 Å². The third-order valence-corrected chi connectivity index (χ3v) is 6.45. The molecule has 2 aromatic carbocycles. The van der Waals surface area contributed by atoms with Crippen LogP contribution in [0.2, 0.25) is 0 Å². The van der Waals surface area contributed by atoms with Crippen LogP contribution >= 0.6 is 11.8 Å². The molecule has 1 aliphatic rings. The molecule has 0 unspecified atom stereocenters. The molecule has 8 heteroatoms. The molecule has 0 saturated carbocycles. The molecule has 0 radical (unpaired) electrons. The second kappa shape index (κ2) is 9.40. The predicted molar refractivity (Wildman–Crippen MR) is 126 cm³/mol. The van der Waals surface area contributed by atoms with Crippen LogP contribution in [0.4, 0.5) is 11.5 Å². The van der Waals surface area contributed by atoms with Gasteiger partial charge in [0.15, 0.2) is 5.16 Å². The Hall–Kier alpha value is -3.39. The Morgan fingerprint density at radius 3 is 2.59 bits per heavy atom. The van der Waals surface area contributed by atoms with Gasteiger partial charge in [-0.05, 0) is 36.1 Å². The first-order valence-electron chi connectivity index (χ1n) is 10.5. The summed E-state index contributed by atoms with van der Waals surface area (Å²) in [5, 5.41) is 5.94. The van der Waals surface area contributed by atoms with Crippen LogP contribution in [0.25, 0.3) is 0 Å². The summed E-state index contributed by atoms with van der Waals surface area (Å²) in [5.41, 5.74) is 3.73. The highest BCUT2D eigenvalue weighted by Gasteiger charge is 2.35. The van der Waals surface area contributed by atoms with Crippen molar-refractivity contribution < 1.29 is 9.59 Å². The average molecular weight is 449 g/mol. The Labute approximate surface area is 190 Å². The second-order valence-electron chi connectivity index (χ2n) is 7.65. The topological polar surface area (TPSA) is 104 Å². The minimum absolute atomic E-state index is 0.104. The summed E-state index contributed by atoms with van der Waals surface area (Å²) in [5.74, 6) is -0.861. The fraction of sp³-hybridized carbons (Fsp3) is 0.250. The van der Waals surface area contributed by atoms with Gasteiger partial charge >= 0.3 is 0 Å².